The molecule has 1 amide bonds. The SMILES string of the molecule is CN(CCO)C(=O)c1ccc(C#CCO)cc1. The highest BCUT2D eigenvalue weighted by atomic mass is 16.3. The van der Waals surface area contributed by atoms with Crippen LogP contribution in [-0.2, 0) is 0 Å². The van der Waals surface area contributed by atoms with E-state index in [2.05, 4.69) is 11.8 Å². The summed E-state index contributed by atoms with van der Waals surface area (Å²) in [5.74, 6) is 5.15. The fourth-order valence-electron chi connectivity index (χ4n) is 1.31. The Morgan fingerprint density at radius 2 is 1.94 bits per heavy atom. The van der Waals surface area contributed by atoms with Crippen molar-refractivity contribution in [1.29, 1.82) is 0 Å². The fourth-order valence-corrected chi connectivity index (χ4v) is 1.31. The third-order valence-corrected chi connectivity index (χ3v) is 2.23. The Labute approximate surface area is 100 Å². The molecule has 0 spiro atoms. The molecule has 4 heteroatoms. The van der Waals surface area contributed by atoms with E-state index in [1.54, 1.807) is 31.3 Å². The number of benzene rings is 1. The zero-order chi connectivity index (χ0) is 12.7. The Hall–Kier alpha value is -1.83. The smallest absolute Gasteiger partial charge is 0.253 e. The van der Waals surface area contributed by atoms with Crippen molar-refractivity contribution in [3.8, 4) is 11.8 Å². The average molecular weight is 233 g/mol. The van der Waals surface area contributed by atoms with Crippen molar-refractivity contribution in [1.82, 2.24) is 4.90 Å². The van der Waals surface area contributed by atoms with Crippen molar-refractivity contribution >= 4 is 5.91 Å². The van der Waals surface area contributed by atoms with Gasteiger partial charge in [-0.3, -0.25) is 4.79 Å². The van der Waals surface area contributed by atoms with Crippen LogP contribution in [0.15, 0.2) is 24.3 Å². The van der Waals surface area contributed by atoms with E-state index in [1.165, 1.54) is 4.90 Å². The Balaban J connectivity index is 2.77. The van der Waals surface area contributed by atoms with Crippen LogP contribution >= 0.6 is 0 Å². The van der Waals surface area contributed by atoms with E-state index in [0.717, 1.165) is 5.56 Å². The van der Waals surface area contributed by atoms with Crippen LogP contribution in [0.1, 0.15) is 15.9 Å². The first-order chi connectivity index (χ1) is 8.19. The van der Waals surface area contributed by atoms with Crippen LogP contribution in [0.25, 0.3) is 0 Å². The number of aliphatic hydroxyl groups is 2. The summed E-state index contributed by atoms with van der Waals surface area (Å²) in [7, 11) is 1.64. The summed E-state index contributed by atoms with van der Waals surface area (Å²) in [5, 5.41) is 17.3. The van der Waals surface area contributed by atoms with E-state index in [1.807, 2.05) is 0 Å². The lowest BCUT2D eigenvalue weighted by atomic mass is 10.1. The summed E-state index contributed by atoms with van der Waals surface area (Å²) in [6.45, 7) is 0.0765. The molecule has 0 aliphatic heterocycles. The molecule has 0 fully saturated rings. The first-order valence-electron chi connectivity index (χ1n) is 5.25. The van der Waals surface area contributed by atoms with Crippen LogP contribution in [0.2, 0.25) is 0 Å². The number of amides is 1. The van der Waals surface area contributed by atoms with Crippen LogP contribution in [0, 0.1) is 11.8 Å². The molecule has 1 aromatic rings. The molecule has 1 aromatic carbocycles. The molecular formula is C13H15NO3. The van der Waals surface area contributed by atoms with E-state index < -0.39 is 0 Å². The molecule has 0 heterocycles. The molecule has 17 heavy (non-hydrogen) atoms. The molecule has 0 saturated heterocycles. The van der Waals surface area contributed by atoms with Gasteiger partial charge in [0, 0.05) is 24.7 Å². The summed E-state index contributed by atoms with van der Waals surface area (Å²) in [6, 6.07) is 6.81. The number of nitrogens with zero attached hydrogens (tertiary/aromatic N) is 1. The number of carbonyl (C=O) groups excluding carboxylic acids is 1. The molecule has 2 N–H and O–H groups in total. The first kappa shape index (κ1) is 13.2. The molecule has 0 atom stereocenters. The van der Waals surface area contributed by atoms with Crippen molar-refractivity contribution in [2.24, 2.45) is 0 Å². The number of likely N-dealkylation sites (N-methyl/N-ethyl adjacent to an activating group) is 1. The highest BCUT2D eigenvalue weighted by Crippen LogP contribution is 2.06. The molecule has 0 saturated carbocycles. The second-order valence-electron chi connectivity index (χ2n) is 3.49. The average Bonchev–Trinajstić information content (AvgIpc) is 2.36. The molecule has 1 rings (SSSR count). The number of rotatable bonds is 3. The summed E-state index contributed by atoms with van der Waals surface area (Å²) in [4.78, 5) is 13.3. The van der Waals surface area contributed by atoms with Crippen LogP contribution in [0.3, 0.4) is 0 Å². The molecule has 0 aromatic heterocycles. The quantitative estimate of drug-likeness (QED) is 0.728. The highest BCUT2D eigenvalue weighted by Gasteiger charge is 2.10. The monoisotopic (exact) mass is 233 g/mol. The fraction of sp³-hybridized carbons (Fsp3) is 0.308. The third-order valence-electron chi connectivity index (χ3n) is 2.23. The summed E-state index contributed by atoms with van der Waals surface area (Å²) in [6.07, 6.45) is 0. The van der Waals surface area contributed by atoms with Gasteiger partial charge in [0.25, 0.3) is 5.91 Å². The number of hydrogen-bond acceptors (Lipinski definition) is 3. The maximum Gasteiger partial charge on any atom is 0.253 e. The zero-order valence-electron chi connectivity index (χ0n) is 9.68. The maximum atomic E-state index is 11.8. The van der Waals surface area contributed by atoms with Gasteiger partial charge in [-0.1, -0.05) is 11.8 Å². The van der Waals surface area contributed by atoms with Crippen molar-refractivity contribution < 1.29 is 15.0 Å². The van der Waals surface area contributed by atoms with Gasteiger partial charge in [-0.15, -0.1) is 0 Å². The summed E-state index contributed by atoms with van der Waals surface area (Å²) >= 11 is 0. The predicted molar refractivity (Wildman–Crippen MR) is 64.5 cm³/mol. The van der Waals surface area contributed by atoms with Crippen LogP contribution < -0.4 is 0 Å². The topological polar surface area (TPSA) is 60.8 Å². The largest absolute Gasteiger partial charge is 0.395 e. The minimum atomic E-state index is -0.181. The third kappa shape index (κ3) is 3.91. The van der Waals surface area contributed by atoms with Crippen molar-refractivity contribution in [3.05, 3.63) is 35.4 Å². The van der Waals surface area contributed by atoms with Gasteiger partial charge in [0.2, 0.25) is 0 Å². The lowest BCUT2D eigenvalue weighted by Gasteiger charge is -2.15. The van der Waals surface area contributed by atoms with E-state index in [4.69, 9.17) is 10.2 Å². The van der Waals surface area contributed by atoms with Crippen molar-refractivity contribution in [2.45, 2.75) is 0 Å². The Morgan fingerprint density at radius 1 is 1.29 bits per heavy atom. The Kier molecular flexibility index (Phi) is 5.21. The van der Waals surface area contributed by atoms with Gasteiger partial charge in [-0.05, 0) is 24.3 Å². The molecule has 0 aliphatic carbocycles. The van der Waals surface area contributed by atoms with Crippen LogP contribution in [0.5, 0.6) is 0 Å². The molecule has 4 nitrogen and oxygen atoms in total. The standard InChI is InChI=1S/C13H15NO3/c1-14(8-10-16)13(17)12-6-4-11(5-7-12)3-2-9-15/h4-7,15-16H,8-10H2,1H3. The minimum absolute atomic E-state index is 0.0533. The number of hydrogen-bond donors (Lipinski definition) is 2. The highest BCUT2D eigenvalue weighted by molar-refractivity contribution is 5.94. The molecule has 0 bridgehead atoms. The van der Waals surface area contributed by atoms with Gasteiger partial charge in [-0.2, -0.15) is 0 Å². The van der Waals surface area contributed by atoms with Gasteiger partial charge >= 0.3 is 0 Å². The Bertz CT molecular complexity index is 428. The first-order valence-corrected chi connectivity index (χ1v) is 5.25. The van der Waals surface area contributed by atoms with Gasteiger partial charge in [-0.25, -0.2) is 0 Å². The van der Waals surface area contributed by atoms with E-state index in [0.29, 0.717) is 12.1 Å². The predicted octanol–water partition coefficient (Wildman–Crippen LogP) is 0.0947. The van der Waals surface area contributed by atoms with Crippen molar-refractivity contribution in [2.75, 3.05) is 26.8 Å². The van der Waals surface area contributed by atoms with Gasteiger partial charge in [0.15, 0.2) is 0 Å². The van der Waals surface area contributed by atoms with E-state index in [-0.39, 0.29) is 19.1 Å². The number of aliphatic hydroxyl groups excluding tert-OH is 2. The zero-order valence-corrected chi connectivity index (χ0v) is 9.68. The maximum absolute atomic E-state index is 11.8. The molecule has 90 valence electrons. The molecule has 0 aliphatic rings. The van der Waals surface area contributed by atoms with Gasteiger partial charge in [0.1, 0.15) is 6.61 Å². The van der Waals surface area contributed by atoms with Gasteiger partial charge < -0.3 is 15.1 Å². The van der Waals surface area contributed by atoms with Crippen LogP contribution in [-0.4, -0.2) is 47.8 Å². The normalized spacial score (nSPS) is 9.35. The molecule has 0 unspecified atom stereocenters. The summed E-state index contributed by atoms with van der Waals surface area (Å²) in [5.41, 5.74) is 1.30. The minimum Gasteiger partial charge on any atom is -0.395 e. The van der Waals surface area contributed by atoms with Crippen LogP contribution in [0.4, 0.5) is 0 Å². The lowest BCUT2D eigenvalue weighted by molar-refractivity contribution is 0.0767. The second kappa shape index (κ2) is 6.69. The number of carbonyl (C=O) groups is 1. The van der Waals surface area contributed by atoms with E-state index >= 15 is 0 Å². The Morgan fingerprint density at radius 3 is 2.47 bits per heavy atom. The summed E-state index contributed by atoms with van der Waals surface area (Å²) < 4.78 is 0. The second-order valence-corrected chi connectivity index (χ2v) is 3.49. The van der Waals surface area contributed by atoms with E-state index in [9.17, 15) is 4.79 Å². The molecular weight excluding hydrogens is 218 g/mol. The van der Waals surface area contributed by atoms with Crippen molar-refractivity contribution in [3.63, 3.8) is 0 Å². The lowest BCUT2D eigenvalue weighted by Crippen LogP contribution is -2.29. The molecule has 0 radical (unpaired) electrons. The van der Waals surface area contributed by atoms with Gasteiger partial charge in [0.05, 0.1) is 6.61 Å².